The molecule has 0 rings (SSSR count). The van der Waals surface area contributed by atoms with E-state index in [2.05, 4.69) is 37.9 Å². The minimum atomic E-state index is -0.645. The van der Waals surface area contributed by atoms with Crippen LogP contribution in [0.15, 0.2) is 0 Å². The van der Waals surface area contributed by atoms with E-state index in [1.165, 1.54) is 0 Å². The van der Waals surface area contributed by atoms with Crippen LogP contribution in [0.2, 0.25) is 0 Å². The van der Waals surface area contributed by atoms with Crippen molar-refractivity contribution in [2.75, 3.05) is 37.1 Å². The summed E-state index contributed by atoms with van der Waals surface area (Å²) >= 11 is 11.1. The van der Waals surface area contributed by atoms with Crippen LogP contribution in [0.25, 0.3) is 0 Å². The number of thiol groups is 3. The molecule has 0 fully saturated rings. The summed E-state index contributed by atoms with van der Waals surface area (Å²) in [6.45, 7) is -0.573. The largest absolute Gasteiger partial charge is 3.00 e. The molecule has 2 radical (unpaired) electrons. The van der Waals surface area contributed by atoms with Crippen LogP contribution in [0.3, 0.4) is 0 Å². The molecule has 0 saturated carbocycles. The predicted octanol–water partition coefficient (Wildman–Crippen LogP) is -2.57. The third kappa shape index (κ3) is 32.8. The Bertz CT molecular complexity index is 113. The summed E-state index contributed by atoms with van der Waals surface area (Å²) in [5, 5.41) is 49.1. The number of hydrogen-bond acceptors (Lipinski definition) is 9. The summed E-state index contributed by atoms with van der Waals surface area (Å²) in [6.07, 6.45) is -1.94. The van der Waals surface area contributed by atoms with Crippen LogP contribution in [0, 0.1) is 0 Å². The summed E-state index contributed by atoms with van der Waals surface area (Å²) in [5.41, 5.74) is 0. The van der Waals surface area contributed by atoms with Gasteiger partial charge in [-0.25, -0.2) is 0 Å². The summed E-state index contributed by atoms with van der Waals surface area (Å²) in [7, 11) is 0. The Balaban J connectivity index is -0.0000000865. The molecule has 3 unspecified atom stereocenters. The Morgan fingerprint density at radius 2 is 0.737 bits per heavy atom. The first-order chi connectivity index (χ1) is 8.42. The second kappa shape index (κ2) is 24.6. The number of hydrogen-bond donors (Lipinski definition) is 9. The van der Waals surface area contributed by atoms with Gasteiger partial charge in [0.2, 0.25) is 0 Å². The van der Waals surface area contributed by atoms with Gasteiger partial charge in [0.1, 0.15) is 0 Å². The first-order valence-electron chi connectivity index (χ1n) is 5.12. The molecule has 6 nitrogen and oxygen atoms in total. The van der Waals surface area contributed by atoms with Gasteiger partial charge in [-0.1, -0.05) is 0 Å². The minimum Gasteiger partial charge on any atom is -0.394 e. The van der Waals surface area contributed by atoms with Gasteiger partial charge in [-0.15, -0.1) is 0 Å². The van der Waals surface area contributed by atoms with E-state index in [0.29, 0.717) is 17.3 Å². The van der Waals surface area contributed by atoms with Gasteiger partial charge >= 0.3 is 24.4 Å². The first-order valence-corrected chi connectivity index (χ1v) is 7.02. The smallest absolute Gasteiger partial charge is 0.394 e. The summed E-state index contributed by atoms with van der Waals surface area (Å²) < 4.78 is 0. The maximum atomic E-state index is 8.34. The van der Waals surface area contributed by atoms with E-state index in [9.17, 15) is 0 Å². The molecule has 0 aromatic carbocycles. The van der Waals surface area contributed by atoms with E-state index in [1.807, 2.05) is 0 Å². The molecule has 0 aliphatic heterocycles. The fourth-order valence-corrected chi connectivity index (χ4v) is 0.520. The van der Waals surface area contributed by atoms with E-state index >= 15 is 0 Å². The van der Waals surface area contributed by atoms with Crippen molar-refractivity contribution in [2.24, 2.45) is 0 Å². The average molecular weight is 446 g/mol. The molecule has 0 amide bonds. The van der Waals surface area contributed by atoms with Crippen molar-refractivity contribution >= 4 is 62.3 Å². The maximum absolute atomic E-state index is 8.34. The first kappa shape index (κ1) is 28.7. The van der Waals surface area contributed by atoms with Crippen LogP contribution in [0.1, 0.15) is 0 Å². The molecule has 6 N–H and O–H groups in total. The Hall–Kier alpha value is 1.63. The van der Waals surface area contributed by atoms with Gasteiger partial charge in [-0.05, 0) is 0 Å². The van der Waals surface area contributed by atoms with Gasteiger partial charge in [0.25, 0.3) is 0 Å². The fourth-order valence-electron chi connectivity index (χ4n) is 0.173. The molecule has 116 valence electrons. The molecule has 0 heterocycles. The minimum absolute atomic E-state index is 0. The molecule has 3 atom stereocenters. The van der Waals surface area contributed by atoms with Crippen LogP contribution in [-0.4, -0.2) is 110 Å². The average Bonchev–Trinajstić information content (AvgIpc) is 2.45. The molecule has 0 aromatic rings. The van der Waals surface area contributed by atoms with Crippen LogP contribution in [0.5, 0.6) is 0 Å². The Kier molecular flexibility index (Phi) is 37.3. The molecule has 10 heteroatoms. The molecular formula is C9H24O6S3Sb+3. The van der Waals surface area contributed by atoms with Gasteiger partial charge in [-0.2, -0.15) is 37.9 Å². The number of rotatable bonds is 6. The van der Waals surface area contributed by atoms with Crippen molar-refractivity contribution in [1.29, 1.82) is 0 Å². The standard InChI is InChI=1S/3C3H8O2S.Sb/c3*4-1-3(5)2-6;/h3*3-6H,1-2H2;/q;;;+3. The number of aliphatic hydroxyl groups is 6. The van der Waals surface area contributed by atoms with Crippen molar-refractivity contribution < 1.29 is 30.6 Å². The number of aliphatic hydroxyl groups excluding tert-OH is 6. The molecule has 0 saturated heterocycles. The van der Waals surface area contributed by atoms with Crippen molar-refractivity contribution in [3.8, 4) is 0 Å². The van der Waals surface area contributed by atoms with Crippen LogP contribution in [0.4, 0.5) is 0 Å². The van der Waals surface area contributed by atoms with E-state index in [0.717, 1.165) is 0 Å². The van der Waals surface area contributed by atoms with Crippen molar-refractivity contribution in [3.63, 3.8) is 0 Å². The monoisotopic (exact) mass is 445 g/mol. The van der Waals surface area contributed by atoms with Crippen LogP contribution >= 0.6 is 37.9 Å². The van der Waals surface area contributed by atoms with E-state index < -0.39 is 18.3 Å². The Morgan fingerprint density at radius 3 is 0.737 bits per heavy atom. The third-order valence-corrected chi connectivity index (χ3v) is 2.53. The topological polar surface area (TPSA) is 121 Å². The molecule has 19 heavy (non-hydrogen) atoms. The van der Waals surface area contributed by atoms with E-state index in [1.54, 1.807) is 0 Å². The van der Waals surface area contributed by atoms with Crippen LogP contribution < -0.4 is 0 Å². The summed E-state index contributed by atoms with van der Waals surface area (Å²) in [6, 6.07) is 0. The molecule has 0 aliphatic rings. The summed E-state index contributed by atoms with van der Waals surface area (Å²) in [4.78, 5) is 0. The third-order valence-electron chi connectivity index (χ3n) is 1.26. The quantitative estimate of drug-likeness (QED) is 0.164. The zero-order valence-electron chi connectivity index (χ0n) is 10.4. The molecule has 0 spiro atoms. The SMILES string of the molecule is OCC(O)CS.OCC(O)CS.OCC(O)CS.[Sb+3]. The predicted molar refractivity (Wildman–Crippen MR) is 86.6 cm³/mol. The zero-order valence-corrected chi connectivity index (χ0v) is 15.7. The summed E-state index contributed by atoms with van der Waals surface area (Å²) in [5.74, 6) is 0.990. The fraction of sp³-hybridized carbons (Fsp3) is 1.00. The van der Waals surface area contributed by atoms with E-state index in [4.69, 9.17) is 30.6 Å². The molecule has 0 aliphatic carbocycles. The van der Waals surface area contributed by atoms with Gasteiger partial charge in [0.15, 0.2) is 0 Å². The molecule has 0 aromatic heterocycles. The van der Waals surface area contributed by atoms with Gasteiger partial charge in [-0.3, -0.25) is 0 Å². The maximum Gasteiger partial charge on any atom is 3.00 e. The second-order valence-corrected chi connectivity index (χ2v) is 4.15. The van der Waals surface area contributed by atoms with Crippen molar-refractivity contribution in [1.82, 2.24) is 0 Å². The van der Waals surface area contributed by atoms with Crippen LogP contribution in [-0.2, 0) is 0 Å². The normalized spacial score (nSPS) is 13.7. The Morgan fingerprint density at radius 1 is 0.579 bits per heavy atom. The zero-order chi connectivity index (χ0) is 15.0. The molecular weight excluding hydrogens is 422 g/mol. The van der Waals surface area contributed by atoms with Gasteiger partial charge in [0.05, 0.1) is 38.1 Å². The molecule has 0 bridgehead atoms. The van der Waals surface area contributed by atoms with Crippen molar-refractivity contribution in [3.05, 3.63) is 0 Å². The van der Waals surface area contributed by atoms with Gasteiger partial charge < -0.3 is 30.6 Å². The second-order valence-electron chi connectivity index (χ2n) is 3.06. The Labute approximate surface area is 147 Å². The van der Waals surface area contributed by atoms with E-state index in [-0.39, 0.29) is 44.2 Å². The van der Waals surface area contributed by atoms with Gasteiger partial charge in [0, 0.05) is 17.3 Å². The van der Waals surface area contributed by atoms with Crippen molar-refractivity contribution in [2.45, 2.75) is 18.3 Å².